The lowest BCUT2D eigenvalue weighted by Gasteiger charge is -2.08. The highest BCUT2D eigenvalue weighted by Gasteiger charge is 2.09. The van der Waals surface area contributed by atoms with Crippen LogP contribution in [0.3, 0.4) is 0 Å². The second kappa shape index (κ2) is 6.41. The lowest BCUT2D eigenvalue weighted by atomic mass is 10.1. The van der Waals surface area contributed by atoms with E-state index < -0.39 is 5.82 Å². The smallest absolute Gasteiger partial charge is 0.141 e. The van der Waals surface area contributed by atoms with E-state index in [4.69, 9.17) is 11.6 Å². The summed E-state index contributed by atoms with van der Waals surface area (Å²) in [5.74, 6) is -0.402. The zero-order valence-corrected chi connectivity index (χ0v) is 14.6. The Kier molecular flexibility index (Phi) is 4.10. The molecule has 4 rings (SSSR count). The Morgan fingerprint density at radius 2 is 1.76 bits per heavy atom. The molecular weight excluding hydrogens is 335 g/mol. The molecule has 1 N–H and O–H groups in total. The van der Waals surface area contributed by atoms with Gasteiger partial charge in [-0.2, -0.15) is 0 Å². The average Bonchev–Trinajstić information content (AvgIpc) is 2.96. The zero-order valence-electron chi connectivity index (χ0n) is 13.9. The summed E-state index contributed by atoms with van der Waals surface area (Å²) in [5.41, 5.74) is 4.49. The fraction of sp³-hybridized carbons (Fsp3) is 0.143. The first-order valence-corrected chi connectivity index (χ1v) is 8.74. The molecule has 0 aliphatic rings. The van der Waals surface area contributed by atoms with Gasteiger partial charge in [0.2, 0.25) is 0 Å². The van der Waals surface area contributed by atoms with Crippen LogP contribution in [0.4, 0.5) is 10.1 Å². The minimum Gasteiger partial charge on any atom is -0.381 e. The van der Waals surface area contributed by atoms with Gasteiger partial charge in [0.25, 0.3) is 0 Å². The molecule has 0 atom stereocenters. The van der Waals surface area contributed by atoms with E-state index in [-0.39, 0.29) is 5.02 Å². The first-order valence-electron chi connectivity index (χ1n) is 8.36. The summed E-state index contributed by atoms with van der Waals surface area (Å²) in [6, 6.07) is 19.7. The summed E-state index contributed by atoms with van der Waals surface area (Å²) >= 11 is 5.84. The fourth-order valence-electron chi connectivity index (χ4n) is 3.36. The van der Waals surface area contributed by atoms with Gasteiger partial charge in [-0.15, -0.1) is 0 Å². The minimum atomic E-state index is -0.402. The van der Waals surface area contributed by atoms with Crippen LogP contribution in [-0.2, 0) is 13.1 Å². The SMILES string of the molecule is CCn1c2ccccc2c2cc(CNc3ccc(F)c(Cl)c3)ccc21. The van der Waals surface area contributed by atoms with Crippen LogP contribution in [0.5, 0.6) is 0 Å². The quantitative estimate of drug-likeness (QED) is 0.461. The fourth-order valence-corrected chi connectivity index (χ4v) is 3.54. The van der Waals surface area contributed by atoms with Gasteiger partial charge in [-0.3, -0.25) is 0 Å². The molecule has 0 spiro atoms. The van der Waals surface area contributed by atoms with Crippen LogP contribution in [0, 0.1) is 5.82 Å². The number of rotatable bonds is 4. The molecule has 0 saturated heterocycles. The number of hydrogen-bond acceptors (Lipinski definition) is 1. The molecular formula is C21H18ClFN2. The molecule has 126 valence electrons. The topological polar surface area (TPSA) is 17.0 Å². The normalized spacial score (nSPS) is 11.3. The molecule has 3 aromatic carbocycles. The van der Waals surface area contributed by atoms with E-state index in [2.05, 4.69) is 59.3 Å². The Labute approximate surface area is 150 Å². The van der Waals surface area contributed by atoms with Crippen LogP contribution in [0.25, 0.3) is 21.8 Å². The molecule has 0 fully saturated rings. The van der Waals surface area contributed by atoms with Crippen molar-refractivity contribution in [1.29, 1.82) is 0 Å². The third-order valence-electron chi connectivity index (χ3n) is 4.57. The van der Waals surface area contributed by atoms with Crippen molar-refractivity contribution in [3.63, 3.8) is 0 Å². The van der Waals surface area contributed by atoms with Gasteiger partial charge < -0.3 is 9.88 Å². The second-order valence-corrected chi connectivity index (χ2v) is 6.50. The summed E-state index contributed by atoms with van der Waals surface area (Å²) in [4.78, 5) is 0. The van der Waals surface area contributed by atoms with Gasteiger partial charge in [-0.25, -0.2) is 4.39 Å². The van der Waals surface area contributed by atoms with Crippen molar-refractivity contribution in [2.45, 2.75) is 20.0 Å². The third kappa shape index (κ3) is 2.85. The minimum absolute atomic E-state index is 0.131. The lowest BCUT2D eigenvalue weighted by molar-refractivity contribution is 0.628. The Morgan fingerprint density at radius 1 is 0.960 bits per heavy atom. The molecule has 0 saturated carbocycles. The number of halogens is 2. The number of aromatic nitrogens is 1. The van der Waals surface area contributed by atoms with Gasteiger partial charge in [0.05, 0.1) is 5.02 Å². The Bertz CT molecular complexity index is 1070. The van der Waals surface area contributed by atoms with Crippen LogP contribution in [0.2, 0.25) is 5.02 Å². The van der Waals surface area contributed by atoms with Crippen molar-refractivity contribution in [2.75, 3.05) is 5.32 Å². The van der Waals surface area contributed by atoms with E-state index in [0.29, 0.717) is 6.54 Å². The van der Waals surface area contributed by atoms with Crippen LogP contribution in [0.15, 0.2) is 60.7 Å². The molecule has 1 heterocycles. The highest BCUT2D eigenvalue weighted by Crippen LogP contribution is 2.30. The van der Waals surface area contributed by atoms with E-state index in [9.17, 15) is 4.39 Å². The summed E-state index contributed by atoms with van der Waals surface area (Å²) in [7, 11) is 0. The summed E-state index contributed by atoms with van der Waals surface area (Å²) < 4.78 is 15.6. The van der Waals surface area contributed by atoms with E-state index in [0.717, 1.165) is 12.2 Å². The standard InChI is InChI=1S/C21H18ClFN2/c1-2-25-20-6-4-3-5-16(20)17-11-14(7-10-21(17)25)13-24-15-8-9-19(23)18(22)12-15/h3-12,24H,2,13H2,1H3. The highest BCUT2D eigenvalue weighted by molar-refractivity contribution is 6.31. The molecule has 25 heavy (non-hydrogen) atoms. The van der Waals surface area contributed by atoms with Gasteiger partial charge >= 0.3 is 0 Å². The summed E-state index contributed by atoms with van der Waals surface area (Å²) in [5, 5.41) is 5.96. The molecule has 4 aromatic rings. The van der Waals surface area contributed by atoms with Crippen LogP contribution in [-0.4, -0.2) is 4.57 Å². The van der Waals surface area contributed by atoms with Crippen molar-refractivity contribution < 1.29 is 4.39 Å². The maximum absolute atomic E-state index is 13.3. The number of fused-ring (bicyclic) bond motifs is 3. The maximum atomic E-state index is 13.3. The van der Waals surface area contributed by atoms with Crippen LogP contribution in [0.1, 0.15) is 12.5 Å². The number of hydrogen-bond donors (Lipinski definition) is 1. The van der Waals surface area contributed by atoms with Crippen molar-refractivity contribution in [1.82, 2.24) is 4.57 Å². The Morgan fingerprint density at radius 3 is 2.56 bits per heavy atom. The summed E-state index contributed by atoms with van der Waals surface area (Å²) in [6.45, 7) is 3.76. The molecule has 0 radical (unpaired) electrons. The lowest BCUT2D eigenvalue weighted by Crippen LogP contribution is -2.00. The van der Waals surface area contributed by atoms with E-state index in [1.165, 1.54) is 33.4 Å². The maximum Gasteiger partial charge on any atom is 0.141 e. The van der Waals surface area contributed by atoms with E-state index in [1.54, 1.807) is 12.1 Å². The molecule has 0 unspecified atom stereocenters. The third-order valence-corrected chi connectivity index (χ3v) is 4.86. The molecule has 0 aliphatic carbocycles. The molecule has 0 amide bonds. The first-order chi connectivity index (χ1) is 12.2. The Balaban J connectivity index is 1.69. The molecule has 4 heteroatoms. The van der Waals surface area contributed by atoms with Crippen molar-refractivity contribution in [3.8, 4) is 0 Å². The number of para-hydroxylation sites is 1. The Hall–Kier alpha value is -2.52. The van der Waals surface area contributed by atoms with E-state index in [1.807, 2.05) is 0 Å². The van der Waals surface area contributed by atoms with Crippen LogP contribution < -0.4 is 5.32 Å². The summed E-state index contributed by atoms with van der Waals surface area (Å²) in [6.07, 6.45) is 0. The monoisotopic (exact) mass is 352 g/mol. The molecule has 1 aromatic heterocycles. The van der Waals surface area contributed by atoms with Gasteiger partial charge in [0.15, 0.2) is 0 Å². The van der Waals surface area contributed by atoms with Crippen molar-refractivity contribution >= 4 is 39.1 Å². The largest absolute Gasteiger partial charge is 0.381 e. The van der Waals surface area contributed by atoms with E-state index >= 15 is 0 Å². The highest BCUT2D eigenvalue weighted by atomic mass is 35.5. The number of nitrogens with zero attached hydrogens (tertiary/aromatic N) is 1. The number of anilines is 1. The zero-order chi connectivity index (χ0) is 17.4. The predicted molar refractivity (Wildman–Crippen MR) is 104 cm³/mol. The number of aryl methyl sites for hydroxylation is 1. The molecule has 0 aliphatic heterocycles. The molecule has 2 nitrogen and oxygen atoms in total. The first kappa shape index (κ1) is 16.0. The number of nitrogens with one attached hydrogen (secondary N) is 1. The second-order valence-electron chi connectivity index (χ2n) is 6.10. The van der Waals surface area contributed by atoms with Crippen LogP contribution >= 0.6 is 11.6 Å². The van der Waals surface area contributed by atoms with Crippen molar-refractivity contribution in [2.24, 2.45) is 0 Å². The van der Waals surface area contributed by atoms with Gasteiger partial charge in [-0.05, 0) is 48.9 Å². The predicted octanol–water partition coefficient (Wildman–Crippen LogP) is 6.22. The molecule has 0 bridgehead atoms. The number of benzene rings is 3. The average molecular weight is 353 g/mol. The van der Waals surface area contributed by atoms with Gasteiger partial charge in [0.1, 0.15) is 5.82 Å². The van der Waals surface area contributed by atoms with Gasteiger partial charge in [-0.1, -0.05) is 35.9 Å². The van der Waals surface area contributed by atoms with Gasteiger partial charge in [0, 0.05) is 40.6 Å². The van der Waals surface area contributed by atoms with Crippen molar-refractivity contribution in [3.05, 3.63) is 77.1 Å².